The fourth-order valence-electron chi connectivity index (χ4n) is 3.22. The summed E-state index contributed by atoms with van der Waals surface area (Å²) in [6.45, 7) is 3.83. The first-order valence-electron chi connectivity index (χ1n) is 9.61. The second-order valence-electron chi connectivity index (χ2n) is 7.19. The van der Waals surface area contributed by atoms with E-state index in [1.807, 2.05) is 29.3 Å². The number of nitrogens with one attached hydrogen (secondary N) is 2. The molecule has 2 aromatic rings. The van der Waals surface area contributed by atoms with Crippen LogP contribution in [-0.2, 0) is 11.0 Å². The summed E-state index contributed by atoms with van der Waals surface area (Å²) < 4.78 is 38.9. The van der Waals surface area contributed by atoms with Gasteiger partial charge < -0.3 is 15.5 Å². The third-order valence-corrected chi connectivity index (χ3v) is 6.28. The van der Waals surface area contributed by atoms with Crippen LogP contribution in [0.3, 0.4) is 0 Å². The minimum absolute atomic E-state index is 0.0189. The smallest absolute Gasteiger partial charge is 0.331 e. The number of urea groups is 1. The van der Waals surface area contributed by atoms with Crippen molar-refractivity contribution in [1.82, 2.24) is 15.1 Å². The Hall–Kier alpha value is -2.30. The third kappa shape index (κ3) is 6.34. The van der Waals surface area contributed by atoms with E-state index in [0.29, 0.717) is 26.2 Å². The highest BCUT2D eigenvalue weighted by Crippen LogP contribution is 2.36. The van der Waals surface area contributed by atoms with Crippen molar-refractivity contribution in [3.63, 3.8) is 0 Å². The van der Waals surface area contributed by atoms with Crippen molar-refractivity contribution < 1.29 is 22.8 Å². The van der Waals surface area contributed by atoms with Crippen molar-refractivity contribution in [3.8, 4) is 0 Å². The minimum Gasteiger partial charge on any atom is -0.331 e. The number of thiophene rings is 1. The molecule has 3 rings (SSSR count). The summed E-state index contributed by atoms with van der Waals surface area (Å²) in [6, 6.07) is 6.90. The van der Waals surface area contributed by atoms with E-state index in [-0.39, 0.29) is 24.3 Å². The summed E-state index contributed by atoms with van der Waals surface area (Å²) >= 11 is 7.17. The van der Waals surface area contributed by atoms with Crippen LogP contribution in [0.1, 0.15) is 23.4 Å². The molecule has 11 heteroatoms. The molecule has 0 unspecified atom stereocenters. The molecule has 1 aromatic heterocycles. The molecule has 0 spiro atoms. The Kier molecular flexibility index (Phi) is 7.45. The zero-order valence-corrected chi connectivity index (χ0v) is 18.3. The van der Waals surface area contributed by atoms with Crippen LogP contribution in [-0.4, -0.2) is 54.5 Å². The highest BCUT2D eigenvalue weighted by atomic mass is 35.5. The Morgan fingerprint density at radius 1 is 1.19 bits per heavy atom. The van der Waals surface area contributed by atoms with Gasteiger partial charge in [-0.1, -0.05) is 17.7 Å². The van der Waals surface area contributed by atoms with Crippen molar-refractivity contribution in [2.24, 2.45) is 0 Å². The van der Waals surface area contributed by atoms with Gasteiger partial charge in [0.1, 0.15) is 0 Å². The highest BCUT2D eigenvalue weighted by molar-refractivity contribution is 7.10. The first-order valence-corrected chi connectivity index (χ1v) is 10.9. The number of hydrogen-bond donors (Lipinski definition) is 2. The molecule has 1 aromatic carbocycles. The van der Waals surface area contributed by atoms with Gasteiger partial charge in [0.2, 0.25) is 5.91 Å². The van der Waals surface area contributed by atoms with Gasteiger partial charge in [0.25, 0.3) is 0 Å². The largest absolute Gasteiger partial charge is 0.417 e. The molecule has 3 amide bonds. The number of anilines is 1. The predicted molar refractivity (Wildman–Crippen MR) is 114 cm³/mol. The van der Waals surface area contributed by atoms with Gasteiger partial charge in [-0.05, 0) is 36.6 Å². The lowest BCUT2D eigenvalue weighted by Gasteiger charge is -2.34. The predicted octanol–water partition coefficient (Wildman–Crippen LogP) is 4.45. The van der Waals surface area contributed by atoms with E-state index in [9.17, 15) is 22.8 Å². The third-order valence-electron chi connectivity index (χ3n) is 4.89. The molecular weight excluding hydrogens is 453 g/mol. The number of carbonyl (C=O) groups excluding carboxylic acids is 2. The van der Waals surface area contributed by atoms with E-state index in [1.165, 1.54) is 6.07 Å². The maximum Gasteiger partial charge on any atom is 0.417 e. The zero-order valence-electron chi connectivity index (χ0n) is 16.7. The fraction of sp³-hybridized carbons (Fsp3) is 0.400. The molecule has 0 bridgehead atoms. The van der Waals surface area contributed by atoms with E-state index in [1.54, 1.807) is 16.2 Å². The number of carbonyl (C=O) groups is 2. The Bertz CT molecular complexity index is 916. The standard InChI is InChI=1S/C20H22ClF3N4O2S/c1-13(17-3-2-10-31-17)25-19(30)28-8-6-27(7-9-28)12-18(29)26-14-4-5-16(21)15(11-14)20(22,23)24/h2-5,10-11,13H,6-9,12H2,1H3,(H,25,30)(H,26,29)/t13-/m1/s1. The van der Waals surface area contributed by atoms with Crippen LogP contribution < -0.4 is 10.6 Å². The molecule has 1 atom stereocenters. The molecule has 0 radical (unpaired) electrons. The Morgan fingerprint density at radius 2 is 1.90 bits per heavy atom. The average molecular weight is 475 g/mol. The second kappa shape index (κ2) is 9.88. The Balaban J connectivity index is 1.46. The Labute approximate surface area is 187 Å². The molecule has 168 valence electrons. The quantitative estimate of drug-likeness (QED) is 0.673. The molecule has 1 fully saturated rings. The lowest BCUT2D eigenvalue weighted by atomic mass is 10.2. The van der Waals surface area contributed by atoms with Crippen LogP contribution in [0.4, 0.5) is 23.7 Å². The monoisotopic (exact) mass is 474 g/mol. The molecular formula is C20H22ClF3N4O2S. The van der Waals surface area contributed by atoms with Crippen molar-refractivity contribution in [3.05, 3.63) is 51.2 Å². The normalized spacial score (nSPS) is 16.1. The van der Waals surface area contributed by atoms with Crippen molar-refractivity contribution in [2.45, 2.75) is 19.1 Å². The molecule has 1 aliphatic heterocycles. The van der Waals surface area contributed by atoms with Crippen LogP contribution in [0.25, 0.3) is 0 Å². The molecule has 1 aliphatic rings. The van der Waals surface area contributed by atoms with Crippen molar-refractivity contribution in [1.29, 1.82) is 0 Å². The lowest BCUT2D eigenvalue weighted by molar-refractivity contribution is -0.137. The van der Waals surface area contributed by atoms with Gasteiger partial charge in [-0.25, -0.2) is 4.79 Å². The zero-order chi connectivity index (χ0) is 22.6. The maximum atomic E-state index is 13.0. The number of rotatable bonds is 5. The van der Waals surface area contributed by atoms with Gasteiger partial charge in [0, 0.05) is 36.7 Å². The summed E-state index contributed by atoms with van der Waals surface area (Å²) in [7, 11) is 0. The molecule has 6 nitrogen and oxygen atoms in total. The number of alkyl halides is 3. The van der Waals surface area contributed by atoms with Crippen molar-refractivity contribution in [2.75, 3.05) is 38.0 Å². The SMILES string of the molecule is C[C@@H](NC(=O)N1CCN(CC(=O)Nc2ccc(Cl)c(C(F)(F)F)c2)CC1)c1cccs1. The number of benzene rings is 1. The molecule has 0 saturated carbocycles. The molecule has 31 heavy (non-hydrogen) atoms. The van der Waals surface area contributed by atoms with Gasteiger partial charge in [0.05, 0.1) is 23.2 Å². The lowest BCUT2D eigenvalue weighted by Crippen LogP contribution is -2.53. The Morgan fingerprint density at radius 3 is 2.52 bits per heavy atom. The second-order valence-corrected chi connectivity index (χ2v) is 8.58. The van der Waals surface area contributed by atoms with E-state index in [4.69, 9.17) is 11.6 Å². The number of hydrogen-bond acceptors (Lipinski definition) is 4. The first-order chi connectivity index (χ1) is 14.6. The van der Waals surface area contributed by atoms with E-state index < -0.39 is 22.7 Å². The number of nitrogens with zero attached hydrogens (tertiary/aromatic N) is 2. The van der Waals surface area contributed by atoms with Gasteiger partial charge in [-0.2, -0.15) is 13.2 Å². The molecule has 1 saturated heterocycles. The molecule has 2 heterocycles. The number of piperazine rings is 1. The summed E-state index contributed by atoms with van der Waals surface area (Å²) in [6.07, 6.45) is -4.60. The van der Waals surface area contributed by atoms with Crippen LogP contribution in [0, 0.1) is 0 Å². The van der Waals surface area contributed by atoms with Crippen LogP contribution in [0.5, 0.6) is 0 Å². The van der Waals surface area contributed by atoms with Crippen LogP contribution in [0.15, 0.2) is 35.7 Å². The van der Waals surface area contributed by atoms with Gasteiger partial charge >= 0.3 is 12.2 Å². The molecule has 2 N–H and O–H groups in total. The van der Waals surface area contributed by atoms with Gasteiger partial charge in [0.15, 0.2) is 0 Å². The summed E-state index contributed by atoms with van der Waals surface area (Å²) in [5.74, 6) is -0.431. The van der Waals surface area contributed by atoms with Gasteiger partial charge in [-0.3, -0.25) is 9.69 Å². The minimum atomic E-state index is -4.60. The maximum absolute atomic E-state index is 13.0. The topological polar surface area (TPSA) is 64.7 Å². The van der Waals surface area contributed by atoms with Gasteiger partial charge in [-0.15, -0.1) is 11.3 Å². The summed E-state index contributed by atoms with van der Waals surface area (Å²) in [5, 5.41) is 6.96. The summed E-state index contributed by atoms with van der Waals surface area (Å²) in [5.41, 5.74) is -0.967. The van der Waals surface area contributed by atoms with E-state index >= 15 is 0 Å². The molecule has 0 aliphatic carbocycles. The number of amides is 3. The highest BCUT2D eigenvalue weighted by Gasteiger charge is 2.33. The van der Waals surface area contributed by atoms with Crippen molar-refractivity contribution >= 4 is 40.6 Å². The summed E-state index contributed by atoms with van der Waals surface area (Å²) in [4.78, 5) is 29.3. The average Bonchev–Trinajstić information content (AvgIpc) is 3.24. The van der Waals surface area contributed by atoms with Crippen LogP contribution in [0.2, 0.25) is 5.02 Å². The van der Waals surface area contributed by atoms with E-state index in [2.05, 4.69) is 10.6 Å². The first kappa shape index (κ1) is 23.4. The fourth-order valence-corrected chi connectivity index (χ4v) is 4.18. The number of halogens is 4. The van der Waals surface area contributed by atoms with E-state index in [0.717, 1.165) is 17.0 Å². The van der Waals surface area contributed by atoms with Crippen LogP contribution >= 0.6 is 22.9 Å².